The number of fused-ring (bicyclic) bond motifs is 1. The summed E-state index contributed by atoms with van der Waals surface area (Å²) < 4.78 is 0. The Bertz CT molecular complexity index is 965. The standard InChI is InChI=1S/C23H25N3O2/c1-26(2)23(28)14-9-17-7-11-20(12-8-17)24-16-22(27)25-21-13-10-18-5-3-4-6-19(18)15-21/h3-8,10-13,15,24H,9,14,16H2,1-2H3,(H,25,27). The number of hydrogen-bond donors (Lipinski definition) is 2. The predicted octanol–water partition coefficient (Wildman–Crippen LogP) is 3.91. The lowest BCUT2D eigenvalue weighted by Crippen LogP contribution is -2.22. The highest BCUT2D eigenvalue weighted by molar-refractivity contribution is 5.96. The van der Waals surface area contributed by atoms with E-state index in [9.17, 15) is 9.59 Å². The van der Waals surface area contributed by atoms with Crippen LogP contribution in [0.25, 0.3) is 10.8 Å². The fraction of sp³-hybridized carbons (Fsp3) is 0.217. The van der Waals surface area contributed by atoms with Crippen molar-refractivity contribution in [1.29, 1.82) is 0 Å². The molecular formula is C23H25N3O2. The van der Waals surface area contributed by atoms with Gasteiger partial charge in [-0.15, -0.1) is 0 Å². The average molecular weight is 375 g/mol. The molecule has 0 atom stereocenters. The third-order valence-electron chi connectivity index (χ3n) is 4.57. The molecule has 2 N–H and O–H groups in total. The molecule has 0 aliphatic rings. The lowest BCUT2D eigenvalue weighted by Gasteiger charge is -2.11. The van der Waals surface area contributed by atoms with Crippen LogP contribution in [0.4, 0.5) is 11.4 Å². The molecule has 0 radical (unpaired) electrons. The second-order valence-corrected chi connectivity index (χ2v) is 6.95. The van der Waals surface area contributed by atoms with E-state index >= 15 is 0 Å². The smallest absolute Gasteiger partial charge is 0.243 e. The van der Waals surface area contributed by atoms with E-state index in [1.165, 1.54) is 0 Å². The van der Waals surface area contributed by atoms with Crippen molar-refractivity contribution in [3.8, 4) is 0 Å². The van der Waals surface area contributed by atoms with Crippen LogP contribution in [0.2, 0.25) is 0 Å². The Morgan fingerprint density at radius 2 is 1.54 bits per heavy atom. The number of aryl methyl sites for hydroxylation is 1. The summed E-state index contributed by atoms with van der Waals surface area (Å²) in [6.45, 7) is 0.186. The van der Waals surface area contributed by atoms with Crippen molar-refractivity contribution >= 4 is 34.0 Å². The molecule has 0 aromatic heterocycles. The molecule has 3 aromatic carbocycles. The van der Waals surface area contributed by atoms with Crippen LogP contribution < -0.4 is 10.6 Å². The molecule has 144 valence electrons. The molecule has 0 bridgehead atoms. The molecule has 0 unspecified atom stereocenters. The highest BCUT2D eigenvalue weighted by atomic mass is 16.2. The van der Waals surface area contributed by atoms with Gasteiger partial charge in [-0.3, -0.25) is 9.59 Å². The number of carbonyl (C=O) groups is 2. The second kappa shape index (κ2) is 9.04. The van der Waals surface area contributed by atoms with Crippen molar-refractivity contribution in [1.82, 2.24) is 4.90 Å². The van der Waals surface area contributed by atoms with Crippen LogP contribution in [0.3, 0.4) is 0 Å². The Labute approximate surface area is 165 Å². The van der Waals surface area contributed by atoms with Crippen molar-refractivity contribution in [3.63, 3.8) is 0 Å². The molecule has 0 spiro atoms. The van der Waals surface area contributed by atoms with Crippen LogP contribution in [0.5, 0.6) is 0 Å². The maximum atomic E-state index is 12.2. The first-order valence-corrected chi connectivity index (χ1v) is 9.33. The molecule has 0 aliphatic carbocycles. The first kappa shape index (κ1) is 19.4. The van der Waals surface area contributed by atoms with E-state index in [1.54, 1.807) is 19.0 Å². The Hall–Kier alpha value is -3.34. The van der Waals surface area contributed by atoms with Gasteiger partial charge >= 0.3 is 0 Å². The number of amides is 2. The molecule has 3 rings (SSSR count). The average Bonchev–Trinajstić information content (AvgIpc) is 2.71. The molecule has 2 amide bonds. The van der Waals surface area contributed by atoms with Gasteiger partial charge in [0.15, 0.2) is 0 Å². The van der Waals surface area contributed by atoms with E-state index in [0.717, 1.165) is 27.7 Å². The Morgan fingerprint density at radius 3 is 2.25 bits per heavy atom. The number of carbonyl (C=O) groups excluding carboxylic acids is 2. The van der Waals surface area contributed by atoms with E-state index in [-0.39, 0.29) is 18.4 Å². The summed E-state index contributed by atoms with van der Waals surface area (Å²) in [4.78, 5) is 25.5. The van der Waals surface area contributed by atoms with Gasteiger partial charge in [-0.05, 0) is 47.0 Å². The van der Waals surface area contributed by atoms with Crippen LogP contribution in [0.1, 0.15) is 12.0 Å². The highest BCUT2D eigenvalue weighted by Crippen LogP contribution is 2.19. The summed E-state index contributed by atoms with van der Waals surface area (Å²) in [7, 11) is 3.52. The van der Waals surface area contributed by atoms with Crippen LogP contribution in [0.15, 0.2) is 66.7 Å². The number of nitrogens with one attached hydrogen (secondary N) is 2. The van der Waals surface area contributed by atoms with Gasteiger partial charge in [0.25, 0.3) is 0 Å². The Kier molecular flexibility index (Phi) is 6.27. The topological polar surface area (TPSA) is 61.4 Å². The van der Waals surface area contributed by atoms with E-state index in [2.05, 4.69) is 10.6 Å². The maximum absolute atomic E-state index is 12.2. The minimum absolute atomic E-state index is 0.101. The fourth-order valence-corrected chi connectivity index (χ4v) is 2.92. The van der Waals surface area contributed by atoms with Gasteiger partial charge in [-0.25, -0.2) is 0 Å². The van der Waals surface area contributed by atoms with Gasteiger partial charge < -0.3 is 15.5 Å². The van der Waals surface area contributed by atoms with E-state index in [0.29, 0.717) is 12.8 Å². The maximum Gasteiger partial charge on any atom is 0.243 e. The number of rotatable bonds is 7. The summed E-state index contributed by atoms with van der Waals surface area (Å²) >= 11 is 0. The molecule has 0 saturated carbocycles. The Morgan fingerprint density at radius 1 is 0.857 bits per heavy atom. The lowest BCUT2D eigenvalue weighted by atomic mass is 10.1. The largest absolute Gasteiger partial charge is 0.376 e. The summed E-state index contributed by atoms with van der Waals surface area (Å²) in [5.41, 5.74) is 2.75. The zero-order valence-electron chi connectivity index (χ0n) is 16.2. The predicted molar refractivity (Wildman–Crippen MR) is 115 cm³/mol. The molecule has 0 fully saturated rings. The number of hydrogen-bond acceptors (Lipinski definition) is 3. The van der Waals surface area contributed by atoms with Crippen LogP contribution in [-0.2, 0) is 16.0 Å². The fourth-order valence-electron chi connectivity index (χ4n) is 2.92. The van der Waals surface area contributed by atoms with E-state index in [1.807, 2.05) is 66.7 Å². The normalized spacial score (nSPS) is 10.5. The van der Waals surface area contributed by atoms with Gasteiger partial charge in [0.1, 0.15) is 0 Å². The van der Waals surface area contributed by atoms with Gasteiger partial charge in [0, 0.05) is 31.9 Å². The van der Waals surface area contributed by atoms with Crippen molar-refractivity contribution < 1.29 is 9.59 Å². The molecule has 0 saturated heterocycles. The highest BCUT2D eigenvalue weighted by Gasteiger charge is 2.06. The van der Waals surface area contributed by atoms with E-state index < -0.39 is 0 Å². The molecule has 5 heteroatoms. The second-order valence-electron chi connectivity index (χ2n) is 6.95. The van der Waals surface area contributed by atoms with Crippen LogP contribution in [-0.4, -0.2) is 37.4 Å². The lowest BCUT2D eigenvalue weighted by molar-refractivity contribution is -0.128. The molecule has 3 aromatic rings. The zero-order valence-corrected chi connectivity index (χ0v) is 16.2. The minimum atomic E-state index is -0.101. The molecular weight excluding hydrogens is 350 g/mol. The quantitative estimate of drug-likeness (QED) is 0.658. The summed E-state index contributed by atoms with van der Waals surface area (Å²) in [5.74, 6) is 0.0171. The van der Waals surface area contributed by atoms with Crippen molar-refractivity contribution in [2.24, 2.45) is 0 Å². The summed E-state index contributed by atoms with van der Waals surface area (Å²) in [5, 5.41) is 8.28. The molecule has 5 nitrogen and oxygen atoms in total. The summed E-state index contributed by atoms with van der Waals surface area (Å²) in [6, 6.07) is 21.7. The molecule has 0 heterocycles. The number of anilines is 2. The third kappa shape index (κ3) is 5.33. The SMILES string of the molecule is CN(C)C(=O)CCc1ccc(NCC(=O)Nc2ccc3ccccc3c2)cc1. The molecule has 28 heavy (non-hydrogen) atoms. The number of benzene rings is 3. The van der Waals surface area contributed by atoms with Crippen molar-refractivity contribution in [3.05, 3.63) is 72.3 Å². The van der Waals surface area contributed by atoms with Crippen molar-refractivity contribution in [2.45, 2.75) is 12.8 Å². The first-order valence-electron chi connectivity index (χ1n) is 9.33. The minimum Gasteiger partial charge on any atom is -0.376 e. The van der Waals surface area contributed by atoms with Gasteiger partial charge in [-0.2, -0.15) is 0 Å². The summed E-state index contributed by atoms with van der Waals surface area (Å²) in [6.07, 6.45) is 1.20. The van der Waals surface area contributed by atoms with Gasteiger partial charge in [-0.1, -0.05) is 42.5 Å². The third-order valence-corrected chi connectivity index (χ3v) is 4.57. The first-order chi connectivity index (χ1) is 13.5. The van der Waals surface area contributed by atoms with E-state index in [4.69, 9.17) is 0 Å². The van der Waals surface area contributed by atoms with Gasteiger partial charge in [0.2, 0.25) is 11.8 Å². The van der Waals surface area contributed by atoms with Gasteiger partial charge in [0.05, 0.1) is 6.54 Å². The molecule has 0 aliphatic heterocycles. The van der Waals surface area contributed by atoms with Crippen molar-refractivity contribution in [2.75, 3.05) is 31.3 Å². The number of nitrogens with zero attached hydrogens (tertiary/aromatic N) is 1. The van der Waals surface area contributed by atoms with Crippen LogP contribution >= 0.6 is 0 Å². The zero-order chi connectivity index (χ0) is 19.9. The Balaban J connectivity index is 1.49. The monoisotopic (exact) mass is 375 g/mol. The van der Waals surface area contributed by atoms with Crippen LogP contribution in [0, 0.1) is 0 Å².